The molecule has 0 unspecified atom stereocenters. The van der Waals surface area contributed by atoms with Crippen LogP contribution >= 0.6 is 11.8 Å². The van der Waals surface area contributed by atoms with Crippen LogP contribution in [-0.2, 0) is 0 Å². The lowest BCUT2D eigenvalue weighted by molar-refractivity contribution is 0.102. The maximum atomic E-state index is 13.1. The second-order valence-electron chi connectivity index (χ2n) is 7.09. The number of methoxy groups -OCH3 is 1. The number of hydrogen-bond donors (Lipinski definition) is 2. The zero-order valence-corrected chi connectivity index (χ0v) is 18.6. The Balaban J connectivity index is 1.53. The van der Waals surface area contributed by atoms with Crippen LogP contribution in [0.3, 0.4) is 0 Å². The molecule has 1 heterocycles. The molecule has 0 saturated heterocycles. The van der Waals surface area contributed by atoms with Crippen LogP contribution in [-0.4, -0.2) is 23.8 Å². The SMILES string of the molecule is COc1ccc(C(=O)c2cccc(N)c2NC(=O)c2ccc(Sc3ccncc3)cc2)cc1. The van der Waals surface area contributed by atoms with Crippen LogP contribution in [0.4, 0.5) is 11.4 Å². The van der Waals surface area contributed by atoms with E-state index in [-0.39, 0.29) is 11.7 Å². The standard InChI is InChI=1S/C26H21N3O3S/c1-32-19-9-5-17(6-10-19)25(30)22-3-2-4-23(27)24(22)29-26(31)18-7-11-20(12-8-18)33-21-13-15-28-16-14-21/h2-16H,27H2,1H3,(H,29,31). The summed E-state index contributed by atoms with van der Waals surface area (Å²) in [6, 6.07) is 22.8. The molecular formula is C26H21N3O3S. The second kappa shape index (κ2) is 10.0. The molecule has 0 aliphatic rings. The molecule has 3 N–H and O–H groups in total. The van der Waals surface area contributed by atoms with E-state index in [9.17, 15) is 9.59 Å². The van der Waals surface area contributed by atoms with Gasteiger partial charge in [-0.25, -0.2) is 0 Å². The normalized spacial score (nSPS) is 10.5. The van der Waals surface area contributed by atoms with Gasteiger partial charge < -0.3 is 15.8 Å². The fourth-order valence-corrected chi connectivity index (χ4v) is 4.00. The number of rotatable bonds is 7. The topological polar surface area (TPSA) is 94.3 Å². The number of carbonyl (C=O) groups excluding carboxylic acids is 2. The highest BCUT2D eigenvalue weighted by atomic mass is 32.2. The van der Waals surface area contributed by atoms with Crippen LogP contribution in [0.2, 0.25) is 0 Å². The van der Waals surface area contributed by atoms with E-state index in [1.165, 1.54) is 0 Å². The molecule has 6 nitrogen and oxygen atoms in total. The number of pyridine rings is 1. The lowest BCUT2D eigenvalue weighted by Crippen LogP contribution is -2.16. The van der Waals surface area contributed by atoms with Crippen molar-refractivity contribution in [3.05, 3.63) is 108 Å². The zero-order valence-electron chi connectivity index (χ0n) is 17.8. The Hall–Kier alpha value is -4.10. The van der Waals surface area contributed by atoms with Crippen molar-refractivity contribution in [2.75, 3.05) is 18.2 Å². The van der Waals surface area contributed by atoms with Crippen LogP contribution in [0.1, 0.15) is 26.3 Å². The fourth-order valence-electron chi connectivity index (χ4n) is 3.20. The Morgan fingerprint density at radius 3 is 2.15 bits per heavy atom. The number of nitrogens with two attached hydrogens (primary N) is 1. The summed E-state index contributed by atoms with van der Waals surface area (Å²) in [5.41, 5.74) is 7.97. The molecule has 7 heteroatoms. The van der Waals surface area contributed by atoms with Crippen LogP contribution in [0.15, 0.2) is 101 Å². The van der Waals surface area contributed by atoms with Crippen LogP contribution < -0.4 is 15.8 Å². The van der Waals surface area contributed by atoms with Crippen molar-refractivity contribution in [1.29, 1.82) is 0 Å². The van der Waals surface area contributed by atoms with Gasteiger partial charge in [0, 0.05) is 38.9 Å². The van der Waals surface area contributed by atoms with E-state index >= 15 is 0 Å². The molecule has 0 saturated carbocycles. The number of para-hydroxylation sites is 1. The Morgan fingerprint density at radius 2 is 1.48 bits per heavy atom. The van der Waals surface area contributed by atoms with Crippen molar-refractivity contribution in [2.45, 2.75) is 9.79 Å². The number of anilines is 2. The van der Waals surface area contributed by atoms with Crippen molar-refractivity contribution in [2.24, 2.45) is 0 Å². The van der Waals surface area contributed by atoms with Gasteiger partial charge in [0.1, 0.15) is 5.75 Å². The summed E-state index contributed by atoms with van der Waals surface area (Å²) in [5.74, 6) is 0.0553. The third-order valence-electron chi connectivity index (χ3n) is 4.93. The maximum Gasteiger partial charge on any atom is 0.255 e. The highest BCUT2D eigenvalue weighted by Crippen LogP contribution is 2.29. The molecule has 0 radical (unpaired) electrons. The van der Waals surface area contributed by atoms with Gasteiger partial charge in [0.25, 0.3) is 5.91 Å². The first-order valence-corrected chi connectivity index (χ1v) is 10.9. The van der Waals surface area contributed by atoms with Gasteiger partial charge in [0.05, 0.1) is 18.5 Å². The van der Waals surface area contributed by atoms with Gasteiger partial charge in [-0.3, -0.25) is 14.6 Å². The Labute approximate surface area is 195 Å². The summed E-state index contributed by atoms with van der Waals surface area (Å²) in [7, 11) is 1.56. The Bertz CT molecular complexity index is 1270. The molecule has 4 aromatic rings. The molecule has 0 atom stereocenters. The molecule has 3 aromatic carbocycles. The number of ether oxygens (including phenoxy) is 1. The van der Waals surface area contributed by atoms with E-state index in [2.05, 4.69) is 10.3 Å². The quantitative estimate of drug-likeness (QED) is 0.290. The zero-order chi connectivity index (χ0) is 23.2. The number of nitrogen functional groups attached to an aromatic ring is 1. The summed E-state index contributed by atoms with van der Waals surface area (Å²) in [6.45, 7) is 0. The minimum Gasteiger partial charge on any atom is -0.497 e. The van der Waals surface area contributed by atoms with Gasteiger partial charge in [-0.05, 0) is 72.8 Å². The molecule has 1 amide bonds. The highest BCUT2D eigenvalue weighted by Gasteiger charge is 2.18. The van der Waals surface area contributed by atoms with Crippen LogP contribution in [0.5, 0.6) is 5.75 Å². The maximum absolute atomic E-state index is 13.1. The summed E-state index contributed by atoms with van der Waals surface area (Å²) in [6.07, 6.45) is 3.47. The van der Waals surface area contributed by atoms with Crippen molar-refractivity contribution < 1.29 is 14.3 Å². The van der Waals surface area contributed by atoms with Gasteiger partial charge in [0.2, 0.25) is 0 Å². The molecule has 0 bridgehead atoms. The van der Waals surface area contributed by atoms with E-state index in [0.29, 0.717) is 33.8 Å². The number of hydrogen-bond acceptors (Lipinski definition) is 6. The molecule has 1 aromatic heterocycles. The predicted molar refractivity (Wildman–Crippen MR) is 130 cm³/mol. The summed E-state index contributed by atoms with van der Waals surface area (Å²) in [4.78, 5) is 32.1. The van der Waals surface area contributed by atoms with Crippen molar-refractivity contribution in [3.8, 4) is 5.75 Å². The van der Waals surface area contributed by atoms with E-state index in [1.54, 1.807) is 85.9 Å². The number of nitrogens with one attached hydrogen (secondary N) is 1. The lowest BCUT2D eigenvalue weighted by atomic mass is 10.0. The van der Waals surface area contributed by atoms with Gasteiger partial charge in [-0.1, -0.05) is 17.8 Å². The minimum atomic E-state index is -0.350. The number of ketones is 1. The van der Waals surface area contributed by atoms with Crippen LogP contribution in [0, 0.1) is 0 Å². The molecule has 0 aliphatic carbocycles. The Morgan fingerprint density at radius 1 is 0.848 bits per heavy atom. The van der Waals surface area contributed by atoms with Crippen LogP contribution in [0.25, 0.3) is 0 Å². The first kappa shape index (κ1) is 22.1. The summed E-state index contributed by atoms with van der Waals surface area (Å²) in [5, 5.41) is 2.81. The molecule has 4 rings (SSSR count). The molecule has 164 valence electrons. The van der Waals surface area contributed by atoms with Crippen molar-refractivity contribution in [3.63, 3.8) is 0 Å². The second-order valence-corrected chi connectivity index (χ2v) is 8.24. The van der Waals surface area contributed by atoms with E-state index < -0.39 is 0 Å². The average molecular weight is 456 g/mol. The third-order valence-corrected chi connectivity index (χ3v) is 5.95. The highest BCUT2D eigenvalue weighted by molar-refractivity contribution is 7.99. The number of aromatic nitrogens is 1. The number of carbonyl (C=O) groups is 2. The number of amides is 1. The number of nitrogens with zero attached hydrogens (tertiary/aromatic N) is 1. The molecule has 0 aliphatic heterocycles. The van der Waals surface area contributed by atoms with Crippen molar-refractivity contribution in [1.82, 2.24) is 4.98 Å². The Kier molecular flexibility index (Phi) is 6.71. The summed E-state index contributed by atoms with van der Waals surface area (Å²) >= 11 is 1.58. The summed E-state index contributed by atoms with van der Waals surface area (Å²) < 4.78 is 5.15. The van der Waals surface area contributed by atoms with E-state index in [1.807, 2.05) is 24.3 Å². The molecule has 0 fully saturated rings. The van der Waals surface area contributed by atoms with E-state index in [0.717, 1.165) is 9.79 Å². The first-order chi connectivity index (χ1) is 16.0. The monoisotopic (exact) mass is 455 g/mol. The molecular weight excluding hydrogens is 434 g/mol. The lowest BCUT2D eigenvalue weighted by Gasteiger charge is -2.13. The number of benzene rings is 3. The predicted octanol–water partition coefficient (Wildman–Crippen LogP) is 5.31. The van der Waals surface area contributed by atoms with Gasteiger partial charge in [-0.15, -0.1) is 0 Å². The van der Waals surface area contributed by atoms with Crippen molar-refractivity contribution >= 4 is 34.8 Å². The van der Waals surface area contributed by atoms with E-state index in [4.69, 9.17) is 10.5 Å². The van der Waals surface area contributed by atoms with Gasteiger partial charge in [0.15, 0.2) is 5.78 Å². The van der Waals surface area contributed by atoms with Gasteiger partial charge in [-0.2, -0.15) is 0 Å². The molecule has 0 spiro atoms. The first-order valence-electron chi connectivity index (χ1n) is 10.1. The fraction of sp³-hybridized carbons (Fsp3) is 0.0385. The van der Waals surface area contributed by atoms with Gasteiger partial charge >= 0.3 is 0 Å². The third kappa shape index (κ3) is 5.22. The molecule has 33 heavy (non-hydrogen) atoms. The largest absolute Gasteiger partial charge is 0.497 e. The smallest absolute Gasteiger partial charge is 0.255 e. The average Bonchev–Trinajstić information content (AvgIpc) is 2.86. The minimum absolute atomic E-state index is 0.246.